The van der Waals surface area contributed by atoms with Crippen LogP contribution in [0, 0.1) is 11.8 Å². The van der Waals surface area contributed by atoms with E-state index in [9.17, 15) is 9.00 Å². The van der Waals surface area contributed by atoms with E-state index in [2.05, 4.69) is 22.1 Å². The van der Waals surface area contributed by atoms with E-state index in [-0.39, 0.29) is 17.8 Å². The van der Waals surface area contributed by atoms with Crippen LogP contribution in [0.2, 0.25) is 0 Å². The monoisotopic (exact) mass is 379 g/mol. The third kappa shape index (κ3) is 5.83. The fourth-order valence-corrected chi connectivity index (χ4v) is 4.11. The van der Waals surface area contributed by atoms with Gasteiger partial charge < -0.3 is 15.0 Å². The van der Waals surface area contributed by atoms with Gasteiger partial charge in [0.25, 0.3) is 0 Å². The van der Waals surface area contributed by atoms with Crippen molar-refractivity contribution in [3.63, 3.8) is 0 Å². The summed E-state index contributed by atoms with van der Waals surface area (Å²) >= 11 is 0. The molecule has 1 heterocycles. The van der Waals surface area contributed by atoms with Crippen molar-refractivity contribution in [3.8, 4) is 0 Å². The normalized spacial score (nSPS) is 21.5. The molecule has 1 aromatic rings. The molecule has 0 radical (unpaired) electrons. The predicted molar refractivity (Wildman–Crippen MR) is 105 cm³/mol. The van der Waals surface area contributed by atoms with Crippen molar-refractivity contribution in [2.24, 2.45) is 16.8 Å². The topological polar surface area (TPSA) is 71.0 Å². The summed E-state index contributed by atoms with van der Waals surface area (Å²) in [6, 6.07) is 9.85. The Hall–Kier alpha value is -1.89. The van der Waals surface area contributed by atoms with Gasteiger partial charge in [0.15, 0.2) is 5.96 Å². The Labute approximate surface area is 158 Å². The van der Waals surface area contributed by atoms with Crippen LogP contribution in [0.3, 0.4) is 0 Å². The second kappa shape index (κ2) is 10.3. The lowest BCUT2D eigenvalue weighted by Gasteiger charge is -2.21. The number of carbonyl (C=O) groups is 1. The molecule has 7 heteroatoms. The highest BCUT2D eigenvalue weighted by atomic mass is 32.2. The van der Waals surface area contributed by atoms with E-state index in [1.807, 2.05) is 37.3 Å². The van der Waals surface area contributed by atoms with E-state index < -0.39 is 10.8 Å². The highest BCUT2D eigenvalue weighted by Crippen LogP contribution is 2.24. The Morgan fingerprint density at radius 3 is 2.73 bits per heavy atom. The van der Waals surface area contributed by atoms with Crippen LogP contribution in [0.4, 0.5) is 0 Å². The summed E-state index contributed by atoms with van der Waals surface area (Å²) in [5.74, 6) is 1.78. The van der Waals surface area contributed by atoms with Gasteiger partial charge in [-0.1, -0.05) is 37.3 Å². The fraction of sp³-hybridized carbons (Fsp3) is 0.579. The first-order valence-corrected chi connectivity index (χ1v) is 10.5. The minimum atomic E-state index is -0.943. The average Bonchev–Trinajstić information content (AvgIpc) is 3.03. The smallest absolute Gasteiger partial charge is 0.310 e. The van der Waals surface area contributed by atoms with E-state index >= 15 is 0 Å². The van der Waals surface area contributed by atoms with Gasteiger partial charge in [0.05, 0.1) is 19.6 Å². The number of aliphatic imine (C=N–C) groups is 1. The fourth-order valence-electron chi connectivity index (χ4n) is 3.11. The number of methoxy groups -OCH3 is 1. The lowest BCUT2D eigenvalue weighted by atomic mass is 9.99. The number of guanidine groups is 1. The zero-order chi connectivity index (χ0) is 18.9. The van der Waals surface area contributed by atoms with Crippen molar-refractivity contribution >= 4 is 22.7 Å². The lowest BCUT2D eigenvalue weighted by molar-refractivity contribution is -0.145. The second-order valence-corrected chi connectivity index (χ2v) is 8.10. The first-order chi connectivity index (χ1) is 12.5. The van der Waals surface area contributed by atoms with Crippen molar-refractivity contribution in [1.29, 1.82) is 0 Å². The number of nitrogens with zero attached hydrogens (tertiary/aromatic N) is 2. The number of carbonyl (C=O) groups excluding carboxylic acids is 1. The number of esters is 1. The largest absolute Gasteiger partial charge is 0.469 e. The standard InChI is InChI=1S/C19H29N3O3S/c1-4-20-19(22-12-15(2)17(13-22)18(23)25-3)21-10-11-26(24)14-16-8-6-5-7-9-16/h5-9,15,17H,4,10-14H2,1-3H3,(H,20,21). The Bertz CT molecular complexity index is 636. The molecule has 1 aromatic carbocycles. The molecule has 0 aliphatic carbocycles. The van der Waals surface area contributed by atoms with Crippen molar-refractivity contribution in [2.45, 2.75) is 19.6 Å². The van der Waals surface area contributed by atoms with Crippen molar-refractivity contribution in [2.75, 3.05) is 39.0 Å². The third-order valence-electron chi connectivity index (χ3n) is 4.50. The molecule has 0 bridgehead atoms. The van der Waals surface area contributed by atoms with Gasteiger partial charge in [0, 0.05) is 41.9 Å². The van der Waals surface area contributed by atoms with Crippen LogP contribution in [0.1, 0.15) is 19.4 Å². The zero-order valence-electron chi connectivity index (χ0n) is 15.8. The van der Waals surface area contributed by atoms with Crippen LogP contribution in [0.5, 0.6) is 0 Å². The minimum absolute atomic E-state index is 0.129. The minimum Gasteiger partial charge on any atom is -0.469 e. The van der Waals surface area contributed by atoms with Crippen molar-refractivity contribution in [1.82, 2.24) is 10.2 Å². The number of rotatable bonds is 7. The number of benzene rings is 1. The molecule has 3 unspecified atom stereocenters. The van der Waals surface area contributed by atoms with Gasteiger partial charge in [-0.15, -0.1) is 0 Å². The van der Waals surface area contributed by atoms with Crippen LogP contribution >= 0.6 is 0 Å². The summed E-state index contributed by atoms with van der Waals surface area (Å²) in [5, 5.41) is 3.27. The summed E-state index contributed by atoms with van der Waals surface area (Å²) in [6.45, 7) is 6.68. The van der Waals surface area contributed by atoms with Gasteiger partial charge in [0.2, 0.25) is 0 Å². The van der Waals surface area contributed by atoms with Crippen LogP contribution in [0.25, 0.3) is 0 Å². The van der Waals surface area contributed by atoms with Gasteiger partial charge in [-0.25, -0.2) is 0 Å². The van der Waals surface area contributed by atoms with Gasteiger partial charge in [0.1, 0.15) is 0 Å². The first-order valence-electron chi connectivity index (χ1n) is 9.05. The lowest BCUT2D eigenvalue weighted by Crippen LogP contribution is -2.41. The number of ether oxygens (including phenoxy) is 1. The Kier molecular flexibility index (Phi) is 8.09. The van der Waals surface area contributed by atoms with Gasteiger partial charge in [-0.3, -0.25) is 14.0 Å². The molecule has 1 N–H and O–H groups in total. The molecule has 1 fully saturated rings. The van der Waals surface area contributed by atoms with Gasteiger partial charge in [-0.05, 0) is 18.4 Å². The van der Waals surface area contributed by atoms with E-state index in [4.69, 9.17) is 4.74 Å². The number of likely N-dealkylation sites (tertiary alicyclic amines) is 1. The Morgan fingerprint density at radius 2 is 2.08 bits per heavy atom. The van der Waals surface area contributed by atoms with Crippen molar-refractivity contribution in [3.05, 3.63) is 35.9 Å². The molecule has 26 heavy (non-hydrogen) atoms. The predicted octanol–water partition coefficient (Wildman–Crippen LogP) is 1.64. The maximum absolute atomic E-state index is 12.3. The average molecular weight is 380 g/mol. The van der Waals surface area contributed by atoms with Crippen LogP contribution in [-0.4, -0.2) is 60.1 Å². The summed E-state index contributed by atoms with van der Waals surface area (Å²) in [5.41, 5.74) is 1.08. The SMILES string of the molecule is CCNC(=NCCS(=O)Cc1ccccc1)N1CC(C)C(C(=O)OC)C1. The number of hydrogen-bond acceptors (Lipinski definition) is 4. The van der Waals surface area contributed by atoms with E-state index in [0.29, 0.717) is 24.6 Å². The molecular formula is C19H29N3O3S. The van der Waals surface area contributed by atoms with E-state index in [1.54, 1.807) is 0 Å². The highest BCUT2D eigenvalue weighted by Gasteiger charge is 2.36. The molecular weight excluding hydrogens is 350 g/mol. The summed E-state index contributed by atoms with van der Waals surface area (Å²) < 4.78 is 17.1. The molecule has 3 atom stereocenters. The summed E-state index contributed by atoms with van der Waals surface area (Å²) in [7, 11) is 0.487. The van der Waals surface area contributed by atoms with E-state index in [1.165, 1.54) is 7.11 Å². The summed E-state index contributed by atoms with van der Waals surface area (Å²) in [4.78, 5) is 18.6. The molecule has 6 nitrogen and oxygen atoms in total. The van der Waals surface area contributed by atoms with E-state index in [0.717, 1.165) is 24.6 Å². The second-order valence-electron chi connectivity index (χ2n) is 6.52. The third-order valence-corrected chi connectivity index (χ3v) is 5.79. The quantitative estimate of drug-likeness (QED) is 0.443. The molecule has 2 rings (SSSR count). The van der Waals surface area contributed by atoms with Gasteiger partial charge >= 0.3 is 5.97 Å². The maximum Gasteiger partial charge on any atom is 0.310 e. The number of hydrogen-bond donors (Lipinski definition) is 1. The van der Waals surface area contributed by atoms with Crippen LogP contribution < -0.4 is 5.32 Å². The Morgan fingerprint density at radius 1 is 1.35 bits per heavy atom. The maximum atomic E-state index is 12.3. The molecule has 0 amide bonds. The molecule has 0 spiro atoms. The molecule has 144 valence electrons. The molecule has 1 saturated heterocycles. The van der Waals surface area contributed by atoms with Crippen molar-refractivity contribution < 1.29 is 13.7 Å². The summed E-state index contributed by atoms with van der Waals surface area (Å²) in [6.07, 6.45) is 0. The first kappa shape index (κ1) is 20.4. The van der Waals surface area contributed by atoms with Crippen LogP contribution in [0.15, 0.2) is 35.3 Å². The Balaban J connectivity index is 1.90. The van der Waals surface area contributed by atoms with Gasteiger partial charge in [-0.2, -0.15) is 0 Å². The molecule has 0 aromatic heterocycles. The van der Waals surface area contributed by atoms with Crippen LogP contribution in [-0.2, 0) is 26.1 Å². The zero-order valence-corrected chi connectivity index (χ0v) is 16.6. The highest BCUT2D eigenvalue weighted by molar-refractivity contribution is 7.84. The molecule has 0 saturated carbocycles. The molecule has 1 aliphatic heterocycles. The molecule has 1 aliphatic rings. The number of nitrogens with one attached hydrogen (secondary N) is 1.